The number of hydrogen-bond donors (Lipinski definition) is 1. The lowest BCUT2D eigenvalue weighted by atomic mass is 10.0. The maximum absolute atomic E-state index is 13.5. The van der Waals surface area contributed by atoms with Gasteiger partial charge in [-0.15, -0.1) is 11.8 Å². The Morgan fingerprint density at radius 2 is 1.86 bits per heavy atom. The second-order valence-electron chi connectivity index (χ2n) is 5.62. The Bertz CT molecular complexity index is 1050. The minimum Gasteiger partial charge on any atom is -0.354 e. The van der Waals surface area contributed by atoms with Crippen molar-refractivity contribution in [1.82, 2.24) is 4.98 Å². The molecule has 0 atom stereocenters. The van der Waals surface area contributed by atoms with Crippen LogP contribution in [-0.2, 0) is 5.75 Å². The molecule has 3 heteroatoms. The molecule has 1 nitrogen and oxygen atoms in total. The predicted octanol–water partition coefficient (Wildman–Crippen LogP) is 5.73. The third kappa shape index (κ3) is 1.60. The van der Waals surface area contributed by atoms with Gasteiger partial charge in [0, 0.05) is 27.0 Å². The largest absolute Gasteiger partial charge is 0.354 e. The lowest BCUT2D eigenvalue weighted by Gasteiger charge is -2.15. The van der Waals surface area contributed by atoms with Crippen LogP contribution in [0.15, 0.2) is 59.5 Å². The molecule has 1 N–H and O–H groups in total. The van der Waals surface area contributed by atoms with E-state index in [2.05, 4.69) is 41.4 Å². The van der Waals surface area contributed by atoms with Crippen LogP contribution in [0.2, 0.25) is 0 Å². The highest BCUT2D eigenvalue weighted by Gasteiger charge is 2.22. The topological polar surface area (TPSA) is 15.8 Å². The maximum Gasteiger partial charge on any atom is 0.124 e. The van der Waals surface area contributed by atoms with Crippen LogP contribution in [0.5, 0.6) is 0 Å². The van der Waals surface area contributed by atoms with Gasteiger partial charge in [-0.3, -0.25) is 0 Å². The van der Waals surface area contributed by atoms with Crippen LogP contribution in [0.4, 0.5) is 4.39 Å². The van der Waals surface area contributed by atoms with Crippen LogP contribution in [0.3, 0.4) is 0 Å². The molecule has 0 spiro atoms. The minimum atomic E-state index is -0.170. The Hall–Kier alpha value is -2.26. The van der Waals surface area contributed by atoms with E-state index in [0.29, 0.717) is 0 Å². The summed E-state index contributed by atoms with van der Waals surface area (Å²) in [6.07, 6.45) is 0. The van der Waals surface area contributed by atoms with Gasteiger partial charge in [-0.2, -0.15) is 0 Å². The first-order valence-electron chi connectivity index (χ1n) is 7.26. The Morgan fingerprint density at radius 3 is 2.82 bits per heavy atom. The molecule has 0 fully saturated rings. The normalized spacial score (nSPS) is 13.3. The number of aromatic amines is 1. The highest BCUT2D eigenvalue weighted by Crippen LogP contribution is 2.45. The fourth-order valence-electron chi connectivity index (χ4n) is 3.34. The molecule has 1 aromatic heterocycles. The standard InChI is InChI=1S/C19H12FNS/c20-12-6-8-15-17(9-12)22-10-16-14-7-5-11-3-1-2-4-13(11)18(14)21-19(15)16/h1-9,21H,10H2. The fraction of sp³-hybridized carbons (Fsp3) is 0.0526. The average molecular weight is 305 g/mol. The van der Waals surface area contributed by atoms with Crippen LogP contribution in [0.25, 0.3) is 32.9 Å². The van der Waals surface area contributed by atoms with Gasteiger partial charge in [-0.25, -0.2) is 4.39 Å². The molecule has 106 valence electrons. The van der Waals surface area contributed by atoms with Crippen LogP contribution in [0.1, 0.15) is 5.56 Å². The number of halogens is 1. The summed E-state index contributed by atoms with van der Waals surface area (Å²) >= 11 is 1.71. The molecule has 3 aromatic carbocycles. The van der Waals surface area contributed by atoms with Gasteiger partial charge in [0.15, 0.2) is 0 Å². The van der Waals surface area contributed by atoms with Crippen molar-refractivity contribution >= 4 is 33.4 Å². The van der Waals surface area contributed by atoms with E-state index in [1.807, 2.05) is 6.07 Å². The first kappa shape index (κ1) is 12.3. The van der Waals surface area contributed by atoms with E-state index in [1.165, 1.54) is 33.3 Å². The van der Waals surface area contributed by atoms with Gasteiger partial charge in [0.05, 0.1) is 11.2 Å². The maximum atomic E-state index is 13.5. The Balaban J connectivity index is 1.89. The first-order chi connectivity index (χ1) is 10.8. The molecule has 0 saturated carbocycles. The highest BCUT2D eigenvalue weighted by atomic mass is 32.2. The van der Waals surface area contributed by atoms with E-state index in [-0.39, 0.29) is 5.82 Å². The smallest absolute Gasteiger partial charge is 0.124 e. The zero-order valence-corrected chi connectivity index (χ0v) is 12.5. The summed E-state index contributed by atoms with van der Waals surface area (Å²) in [4.78, 5) is 4.62. The zero-order chi connectivity index (χ0) is 14.7. The second-order valence-corrected chi connectivity index (χ2v) is 6.63. The predicted molar refractivity (Wildman–Crippen MR) is 90.8 cm³/mol. The van der Waals surface area contributed by atoms with E-state index in [0.717, 1.165) is 21.9 Å². The Kier molecular flexibility index (Phi) is 2.44. The summed E-state index contributed by atoms with van der Waals surface area (Å²) in [5.74, 6) is 0.709. The highest BCUT2D eigenvalue weighted by molar-refractivity contribution is 7.98. The summed E-state index contributed by atoms with van der Waals surface area (Å²) < 4.78 is 13.5. The van der Waals surface area contributed by atoms with Gasteiger partial charge in [0.25, 0.3) is 0 Å². The van der Waals surface area contributed by atoms with E-state index in [9.17, 15) is 4.39 Å². The van der Waals surface area contributed by atoms with Crippen LogP contribution in [-0.4, -0.2) is 4.98 Å². The molecule has 0 radical (unpaired) electrons. The quantitative estimate of drug-likeness (QED) is 0.438. The third-order valence-corrected chi connectivity index (χ3v) is 5.47. The molecule has 0 aliphatic carbocycles. The molecule has 0 saturated heterocycles. The van der Waals surface area contributed by atoms with Crippen LogP contribution >= 0.6 is 11.8 Å². The lowest BCUT2D eigenvalue weighted by Crippen LogP contribution is -1.94. The van der Waals surface area contributed by atoms with Crippen molar-refractivity contribution in [2.45, 2.75) is 10.6 Å². The third-order valence-electron chi connectivity index (χ3n) is 4.39. The molecule has 0 unspecified atom stereocenters. The van der Waals surface area contributed by atoms with Crippen molar-refractivity contribution in [3.8, 4) is 11.3 Å². The monoisotopic (exact) mass is 305 g/mol. The Labute approximate surface area is 131 Å². The van der Waals surface area contributed by atoms with E-state index < -0.39 is 0 Å². The van der Waals surface area contributed by atoms with Crippen molar-refractivity contribution in [2.24, 2.45) is 0 Å². The molecule has 1 aliphatic heterocycles. The molecular weight excluding hydrogens is 293 g/mol. The number of hydrogen-bond acceptors (Lipinski definition) is 1. The minimum absolute atomic E-state index is 0.170. The number of benzene rings is 3. The number of H-pyrrole nitrogens is 1. The van der Waals surface area contributed by atoms with E-state index in [4.69, 9.17) is 0 Å². The van der Waals surface area contributed by atoms with Crippen LogP contribution in [0, 0.1) is 5.82 Å². The van der Waals surface area contributed by atoms with Crippen molar-refractivity contribution in [2.75, 3.05) is 0 Å². The van der Waals surface area contributed by atoms with Gasteiger partial charge in [-0.1, -0.05) is 36.4 Å². The van der Waals surface area contributed by atoms with Gasteiger partial charge < -0.3 is 4.98 Å². The average Bonchev–Trinajstić information content (AvgIpc) is 2.94. The summed E-state index contributed by atoms with van der Waals surface area (Å²) in [5.41, 5.74) is 4.75. The van der Waals surface area contributed by atoms with E-state index >= 15 is 0 Å². The number of fused-ring (bicyclic) bond motifs is 7. The van der Waals surface area contributed by atoms with Gasteiger partial charge >= 0.3 is 0 Å². The molecular formula is C19H12FNS. The van der Waals surface area contributed by atoms with Crippen molar-refractivity contribution < 1.29 is 4.39 Å². The van der Waals surface area contributed by atoms with Crippen molar-refractivity contribution in [3.05, 3.63) is 66.0 Å². The van der Waals surface area contributed by atoms with Crippen molar-refractivity contribution in [3.63, 3.8) is 0 Å². The zero-order valence-electron chi connectivity index (χ0n) is 11.7. The van der Waals surface area contributed by atoms with E-state index in [1.54, 1.807) is 17.8 Å². The summed E-state index contributed by atoms with van der Waals surface area (Å²) in [5, 5.41) is 3.75. The number of nitrogens with one attached hydrogen (secondary N) is 1. The molecule has 1 aliphatic rings. The molecule has 5 rings (SSSR count). The number of rotatable bonds is 0. The van der Waals surface area contributed by atoms with Gasteiger partial charge in [-0.05, 0) is 29.1 Å². The summed E-state index contributed by atoms with van der Waals surface area (Å²) in [6.45, 7) is 0. The molecule has 0 amide bonds. The van der Waals surface area contributed by atoms with Crippen molar-refractivity contribution in [1.29, 1.82) is 0 Å². The van der Waals surface area contributed by atoms with Gasteiger partial charge in [0.1, 0.15) is 5.82 Å². The number of thioether (sulfide) groups is 1. The number of aromatic nitrogens is 1. The van der Waals surface area contributed by atoms with Crippen LogP contribution < -0.4 is 0 Å². The lowest BCUT2D eigenvalue weighted by molar-refractivity contribution is 0.624. The SMILES string of the molecule is Fc1ccc2c(c1)SCc1c-2[nH]c2c1ccc1ccccc12. The van der Waals surface area contributed by atoms with Gasteiger partial charge in [0.2, 0.25) is 0 Å². The first-order valence-corrected chi connectivity index (χ1v) is 8.25. The fourth-order valence-corrected chi connectivity index (χ4v) is 4.47. The summed E-state index contributed by atoms with van der Waals surface area (Å²) in [6, 6.07) is 17.8. The second kappa shape index (κ2) is 4.37. The molecule has 0 bridgehead atoms. The molecule has 2 heterocycles. The molecule has 22 heavy (non-hydrogen) atoms. The molecule has 4 aromatic rings. The summed E-state index contributed by atoms with van der Waals surface area (Å²) in [7, 11) is 0. The Morgan fingerprint density at radius 1 is 0.955 bits per heavy atom.